The van der Waals surface area contributed by atoms with E-state index < -0.39 is 5.54 Å². The van der Waals surface area contributed by atoms with Crippen LogP contribution in [-0.2, 0) is 12.8 Å². The van der Waals surface area contributed by atoms with Crippen LogP contribution in [0, 0.1) is 12.7 Å². The number of benzene rings is 1. The molecule has 1 aromatic carbocycles. The monoisotopic (exact) mass is 264 g/mol. The number of nitrogens with zero attached hydrogens (tertiary/aromatic N) is 1. The normalized spacial score (nSPS) is 14.4. The first-order valence-corrected chi connectivity index (χ1v) is 6.77. The van der Waals surface area contributed by atoms with Gasteiger partial charge in [-0.1, -0.05) is 12.1 Å². The summed E-state index contributed by atoms with van der Waals surface area (Å²) in [5.74, 6) is -0.215. The maximum atomic E-state index is 13.1. The molecule has 0 radical (unpaired) electrons. The minimum absolute atomic E-state index is 0.215. The quantitative estimate of drug-likeness (QED) is 0.921. The van der Waals surface area contributed by atoms with Gasteiger partial charge in [-0.2, -0.15) is 0 Å². The topological polar surface area (TPSA) is 38.9 Å². The van der Waals surface area contributed by atoms with E-state index in [0.29, 0.717) is 12.8 Å². The van der Waals surface area contributed by atoms with Crippen molar-refractivity contribution >= 4 is 11.3 Å². The highest BCUT2D eigenvalue weighted by Gasteiger charge is 2.21. The third-order valence-corrected chi connectivity index (χ3v) is 3.57. The Morgan fingerprint density at radius 1 is 1.39 bits per heavy atom. The van der Waals surface area contributed by atoms with Gasteiger partial charge in [0.25, 0.3) is 0 Å². The lowest BCUT2D eigenvalue weighted by Gasteiger charge is -2.23. The minimum Gasteiger partial charge on any atom is -0.325 e. The lowest BCUT2D eigenvalue weighted by Crippen LogP contribution is -2.41. The van der Waals surface area contributed by atoms with Gasteiger partial charge in [0.15, 0.2) is 0 Å². The summed E-state index contributed by atoms with van der Waals surface area (Å²) in [5.41, 5.74) is 7.81. The van der Waals surface area contributed by atoms with Crippen molar-refractivity contribution in [2.45, 2.75) is 32.2 Å². The summed E-state index contributed by atoms with van der Waals surface area (Å²) in [6.07, 6.45) is 1.34. The number of thiazole rings is 1. The van der Waals surface area contributed by atoms with Crippen molar-refractivity contribution < 1.29 is 4.39 Å². The zero-order chi connectivity index (χ0) is 13.2. The molecule has 4 heteroatoms. The molecule has 0 aliphatic carbocycles. The first-order chi connectivity index (χ1) is 8.44. The van der Waals surface area contributed by atoms with Crippen LogP contribution in [0.25, 0.3) is 0 Å². The summed E-state index contributed by atoms with van der Waals surface area (Å²) in [6.45, 7) is 3.96. The maximum absolute atomic E-state index is 13.1. The van der Waals surface area contributed by atoms with E-state index in [9.17, 15) is 4.39 Å². The Kier molecular flexibility index (Phi) is 3.78. The van der Waals surface area contributed by atoms with Crippen molar-refractivity contribution in [2.24, 2.45) is 5.73 Å². The summed E-state index contributed by atoms with van der Waals surface area (Å²) in [5, 5.41) is 3.08. The molecular weight excluding hydrogens is 247 g/mol. The van der Waals surface area contributed by atoms with Crippen molar-refractivity contribution in [1.82, 2.24) is 4.98 Å². The molecule has 0 bridgehead atoms. The van der Waals surface area contributed by atoms with Crippen LogP contribution < -0.4 is 5.73 Å². The van der Waals surface area contributed by atoms with Crippen LogP contribution in [0.3, 0.4) is 0 Å². The van der Waals surface area contributed by atoms with Crippen LogP contribution in [0.2, 0.25) is 0 Å². The largest absolute Gasteiger partial charge is 0.325 e. The maximum Gasteiger partial charge on any atom is 0.123 e. The first kappa shape index (κ1) is 13.2. The molecule has 0 aliphatic rings. The molecule has 18 heavy (non-hydrogen) atoms. The lowest BCUT2D eigenvalue weighted by atomic mass is 9.89. The molecule has 96 valence electrons. The van der Waals surface area contributed by atoms with Gasteiger partial charge in [-0.05, 0) is 38.0 Å². The molecule has 2 N–H and O–H groups in total. The van der Waals surface area contributed by atoms with Crippen LogP contribution in [0.4, 0.5) is 4.39 Å². The smallest absolute Gasteiger partial charge is 0.123 e. The number of aromatic nitrogens is 1. The van der Waals surface area contributed by atoms with E-state index in [0.717, 1.165) is 16.3 Å². The van der Waals surface area contributed by atoms with Gasteiger partial charge in [-0.15, -0.1) is 11.3 Å². The van der Waals surface area contributed by atoms with E-state index in [-0.39, 0.29) is 5.82 Å². The Morgan fingerprint density at radius 3 is 2.78 bits per heavy atom. The average molecular weight is 264 g/mol. The molecule has 0 spiro atoms. The van der Waals surface area contributed by atoms with Crippen LogP contribution in [0.5, 0.6) is 0 Å². The zero-order valence-electron chi connectivity index (χ0n) is 10.6. The van der Waals surface area contributed by atoms with Crippen LogP contribution in [0.15, 0.2) is 29.6 Å². The van der Waals surface area contributed by atoms with Gasteiger partial charge in [0, 0.05) is 17.3 Å². The minimum atomic E-state index is -0.408. The Labute approximate surface area is 111 Å². The van der Waals surface area contributed by atoms with E-state index in [2.05, 4.69) is 4.98 Å². The van der Waals surface area contributed by atoms with Gasteiger partial charge in [-0.25, -0.2) is 9.37 Å². The molecular formula is C14H17FN2S. The Balaban J connectivity index is 2.07. The van der Waals surface area contributed by atoms with Crippen molar-refractivity contribution in [3.05, 3.63) is 51.7 Å². The number of halogens is 1. The van der Waals surface area contributed by atoms with E-state index in [4.69, 9.17) is 5.73 Å². The second kappa shape index (κ2) is 5.16. The standard InChI is InChI=1S/C14H17FN2S/c1-10-17-13(9-18-10)8-14(2,16)7-11-4-3-5-12(15)6-11/h3-6,9H,7-8,16H2,1-2H3. The van der Waals surface area contributed by atoms with Crippen molar-refractivity contribution in [2.75, 3.05) is 0 Å². The fraction of sp³-hybridized carbons (Fsp3) is 0.357. The molecule has 0 amide bonds. The molecule has 1 atom stereocenters. The van der Waals surface area contributed by atoms with Gasteiger partial charge in [0.2, 0.25) is 0 Å². The van der Waals surface area contributed by atoms with E-state index in [1.165, 1.54) is 12.1 Å². The summed E-state index contributed by atoms with van der Waals surface area (Å²) in [6, 6.07) is 6.60. The average Bonchev–Trinajstić information content (AvgIpc) is 2.62. The van der Waals surface area contributed by atoms with E-state index >= 15 is 0 Å². The predicted octanol–water partition coefficient (Wildman–Crippen LogP) is 3.09. The molecule has 0 aliphatic heterocycles. The summed E-state index contributed by atoms with van der Waals surface area (Å²) in [4.78, 5) is 4.42. The van der Waals surface area contributed by atoms with Crippen molar-refractivity contribution in [3.63, 3.8) is 0 Å². The highest BCUT2D eigenvalue weighted by Crippen LogP contribution is 2.18. The van der Waals surface area contributed by atoms with Gasteiger partial charge in [-0.3, -0.25) is 0 Å². The third kappa shape index (κ3) is 3.62. The SMILES string of the molecule is Cc1nc(CC(C)(N)Cc2cccc(F)c2)cs1. The second-order valence-corrected chi connectivity index (χ2v) is 6.06. The molecule has 1 heterocycles. The Morgan fingerprint density at radius 2 is 2.17 bits per heavy atom. The molecule has 2 aromatic rings. The first-order valence-electron chi connectivity index (χ1n) is 5.89. The predicted molar refractivity (Wildman–Crippen MR) is 73.3 cm³/mol. The molecule has 0 saturated heterocycles. The lowest BCUT2D eigenvalue weighted by molar-refractivity contribution is 0.457. The second-order valence-electron chi connectivity index (χ2n) is 5.00. The van der Waals surface area contributed by atoms with Crippen LogP contribution >= 0.6 is 11.3 Å². The molecule has 1 unspecified atom stereocenters. The fourth-order valence-electron chi connectivity index (χ4n) is 2.08. The Bertz CT molecular complexity index is 534. The molecule has 1 aromatic heterocycles. The number of nitrogens with two attached hydrogens (primary N) is 1. The highest BCUT2D eigenvalue weighted by atomic mass is 32.1. The van der Waals surface area contributed by atoms with Crippen molar-refractivity contribution in [3.8, 4) is 0 Å². The molecule has 2 nitrogen and oxygen atoms in total. The number of hydrogen-bond acceptors (Lipinski definition) is 3. The van der Waals surface area contributed by atoms with Gasteiger partial charge >= 0.3 is 0 Å². The van der Waals surface area contributed by atoms with E-state index in [1.807, 2.05) is 25.3 Å². The van der Waals surface area contributed by atoms with Gasteiger partial charge in [0.1, 0.15) is 5.82 Å². The third-order valence-electron chi connectivity index (χ3n) is 2.75. The van der Waals surface area contributed by atoms with Crippen LogP contribution in [0.1, 0.15) is 23.2 Å². The summed E-state index contributed by atoms with van der Waals surface area (Å²) < 4.78 is 13.1. The Hall–Kier alpha value is -1.26. The number of rotatable bonds is 4. The van der Waals surface area contributed by atoms with Gasteiger partial charge in [0.05, 0.1) is 10.7 Å². The van der Waals surface area contributed by atoms with Crippen LogP contribution in [-0.4, -0.2) is 10.5 Å². The van der Waals surface area contributed by atoms with Gasteiger partial charge < -0.3 is 5.73 Å². The molecule has 0 fully saturated rings. The summed E-state index contributed by atoms with van der Waals surface area (Å²) in [7, 11) is 0. The zero-order valence-corrected chi connectivity index (χ0v) is 11.4. The summed E-state index contributed by atoms with van der Waals surface area (Å²) >= 11 is 1.63. The fourth-order valence-corrected chi connectivity index (χ4v) is 2.69. The highest BCUT2D eigenvalue weighted by molar-refractivity contribution is 7.09. The van der Waals surface area contributed by atoms with E-state index in [1.54, 1.807) is 17.4 Å². The number of aryl methyl sites for hydroxylation is 1. The molecule has 0 saturated carbocycles. The number of hydrogen-bond donors (Lipinski definition) is 1. The molecule has 2 rings (SSSR count). The van der Waals surface area contributed by atoms with Crippen molar-refractivity contribution in [1.29, 1.82) is 0 Å².